The number of thiophene rings is 1. The minimum Gasteiger partial charge on any atom is -0.455 e. The van der Waals surface area contributed by atoms with Crippen LogP contribution in [0.25, 0.3) is 53.7 Å². The van der Waals surface area contributed by atoms with Crippen molar-refractivity contribution >= 4 is 43.4 Å². The van der Waals surface area contributed by atoms with Gasteiger partial charge in [-0.25, -0.2) is 0 Å². The molecule has 0 saturated heterocycles. The molecular formula is C28H21NOS. The van der Waals surface area contributed by atoms with Crippen molar-refractivity contribution in [3.63, 3.8) is 0 Å². The number of benzene rings is 3. The molecule has 6 rings (SSSR count). The first kappa shape index (κ1) is 18.3. The molecule has 0 aliphatic carbocycles. The van der Waals surface area contributed by atoms with Crippen LogP contribution in [0.3, 0.4) is 0 Å². The van der Waals surface area contributed by atoms with Gasteiger partial charge in [0.15, 0.2) is 0 Å². The van der Waals surface area contributed by atoms with E-state index < -0.39 is 0 Å². The third kappa shape index (κ3) is 2.88. The number of rotatable bonds is 2. The van der Waals surface area contributed by atoms with Gasteiger partial charge in [0.2, 0.25) is 0 Å². The van der Waals surface area contributed by atoms with Crippen LogP contribution in [0.5, 0.6) is 0 Å². The summed E-state index contributed by atoms with van der Waals surface area (Å²) in [4.78, 5) is 6.11. The van der Waals surface area contributed by atoms with Gasteiger partial charge in [-0.05, 0) is 67.1 Å². The van der Waals surface area contributed by atoms with Crippen LogP contribution in [0.4, 0.5) is 0 Å². The fourth-order valence-corrected chi connectivity index (χ4v) is 5.92. The molecule has 0 unspecified atom stereocenters. The zero-order valence-electron chi connectivity index (χ0n) is 17.7. The minimum atomic E-state index is 0.899. The lowest BCUT2D eigenvalue weighted by atomic mass is 9.98. The summed E-state index contributed by atoms with van der Waals surface area (Å²) < 4.78 is 7.43. The van der Waals surface area contributed by atoms with Gasteiger partial charge in [-0.2, -0.15) is 0 Å². The van der Waals surface area contributed by atoms with Gasteiger partial charge in [-0.3, -0.25) is 4.98 Å². The minimum absolute atomic E-state index is 0.899. The van der Waals surface area contributed by atoms with Gasteiger partial charge in [0.1, 0.15) is 11.2 Å². The van der Waals surface area contributed by atoms with E-state index in [9.17, 15) is 0 Å². The number of hydrogen-bond donors (Lipinski definition) is 0. The summed E-state index contributed by atoms with van der Waals surface area (Å²) in [5, 5.41) is 3.49. The van der Waals surface area contributed by atoms with E-state index in [-0.39, 0.29) is 0 Å². The Hall–Kier alpha value is -3.43. The molecule has 0 amide bonds. The lowest BCUT2D eigenvalue weighted by Crippen LogP contribution is -1.87. The van der Waals surface area contributed by atoms with Crippen molar-refractivity contribution in [2.24, 2.45) is 0 Å². The molecule has 150 valence electrons. The van der Waals surface area contributed by atoms with Crippen LogP contribution in [0, 0.1) is 20.8 Å². The van der Waals surface area contributed by atoms with Crippen molar-refractivity contribution in [2.45, 2.75) is 20.8 Å². The van der Waals surface area contributed by atoms with E-state index in [4.69, 9.17) is 9.40 Å². The highest BCUT2D eigenvalue weighted by Gasteiger charge is 2.15. The van der Waals surface area contributed by atoms with E-state index in [0.717, 1.165) is 33.2 Å². The lowest BCUT2D eigenvalue weighted by molar-refractivity contribution is 0.670. The highest BCUT2D eigenvalue weighted by molar-refractivity contribution is 7.22. The quantitative estimate of drug-likeness (QED) is 0.281. The average Bonchev–Trinajstić information content (AvgIpc) is 3.33. The number of nitrogens with zero attached hydrogens (tertiary/aromatic N) is 1. The molecule has 6 aromatic rings. The molecule has 3 aromatic heterocycles. The van der Waals surface area contributed by atoms with Crippen LogP contribution in [-0.4, -0.2) is 4.98 Å². The van der Waals surface area contributed by atoms with Gasteiger partial charge in [-0.15, -0.1) is 11.3 Å². The first-order valence-electron chi connectivity index (χ1n) is 10.5. The third-order valence-electron chi connectivity index (χ3n) is 6.01. The van der Waals surface area contributed by atoms with Crippen molar-refractivity contribution in [3.8, 4) is 21.7 Å². The molecule has 3 heteroatoms. The number of aromatic nitrogens is 1. The first-order valence-corrected chi connectivity index (χ1v) is 11.3. The Bertz CT molecular complexity index is 1600. The SMILES string of the molecule is Cc1cc(C)c(-c2cc3cc(-c4cccc5c4oc4ccccc45)ncc3s2)c(C)c1. The van der Waals surface area contributed by atoms with Crippen LogP contribution >= 0.6 is 11.3 Å². The molecule has 0 aliphatic heterocycles. The predicted octanol–water partition coefficient (Wildman–Crippen LogP) is 8.45. The largest absolute Gasteiger partial charge is 0.455 e. The molecule has 0 saturated carbocycles. The summed E-state index contributed by atoms with van der Waals surface area (Å²) in [7, 11) is 0. The molecular weight excluding hydrogens is 398 g/mol. The molecule has 2 nitrogen and oxygen atoms in total. The van der Waals surface area contributed by atoms with Crippen molar-refractivity contribution in [1.82, 2.24) is 4.98 Å². The highest BCUT2D eigenvalue weighted by atomic mass is 32.1. The number of furan rings is 1. The van der Waals surface area contributed by atoms with E-state index in [1.807, 2.05) is 29.7 Å². The Morgan fingerprint density at radius 3 is 2.42 bits per heavy atom. The highest BCUT2D eigenvalue weighted by Crippen LogP contribution is 2.40. The Kier molecular flexibility index (Phi) is 4.02. The van der Waals surface area contributed by atoms with Gasteiger partial charge in [0.25, 0.3) is 0 Å². The second-order valence-corrected chi connectivity index (χ2v) is 9.36. The molecule has 0 aliphatic rings. The van der Waals surface area contributed by atoms with Gasteiger partial charge in [0.05, 0.1) is 10.4 Å². The van der Waals surface area contributed by atoms with Crippen molar-refractivity contribution in [2.75, 3.05) is 0 Å². The molecule has 3 heterocycles. The maximum Gasteiger partial charge on any atom is 0.144 e. The second-order valence-electron chi connectivity index (χ2n) is 8.27. The summed E-state index contributed by atoms with van der Waals surface area (Å²) in [5.41, 5.74) is 9.08. The zero-order valence-corrected chi connectivity index (χ0v) is 18.5. The van der Waals surface area contributed by atoms with Crippen LogP contribution in [0.2, 0.25) is 0 Å². The maximum absolute atomic E-state index is 6.23. The standard InChI is InChI=1S/C28H21NOS/c1-16-11-17(2)27(18(3)12-16)25-14-19-13-23(29-15-26(19)31-25)22-9-6-8-21-20-7-4-5-10-24(20)30-28(21)22/h4-15H,1-3H3. The number of hydrogen-bond acceptors (Lipinski definition) is 3. The van der Waals surface area contributed by atoms with Gasteiger partial charge >= 0.3 is 0 Å². The smallest absolute Gasteiger partial charge is 0.144 e. The van der Waals surface area contributed by atoms with Crippen LogP contribution in [0.15, 0.2) is 77.3 Å². The summed E-state index contributed by atoms with van der Waals surface area (Å²) >= 11 is 1.81. The van der Waals surface area contributed by atoms with Crippen LogP contribution in [-0.2, 0) is 0 Å². The van der Waals surface area contributed by atoms with E-state index in [0.29, 0.717) is 0 Å². The summed E-state index contributed by atoms with van der Waals surface area (Å²) in [5.74, 6) is 0. The monoisotopic (exact) mass is 419 g/mol. The normalized spacial score (nSPS) is 11.7. The number of aryl methyl sites for hydroxylation is 3. The summed E-state index contributed by atoms with van der Waals surface area (Å²) in [6, 6.07) is 23.5. The molecule has 0 bridgehead atoms. The van der Waals surface area contributed by atoms with E-state index in [1.165, 1.54) is 37.2 Å². The first-order chi connectivity index (χ1) is 15.1. The van der Waals surface area contributed by atoms with E-state index in [1.54, 1.807) is 0 Å². The fraction of sp³-hybridized carbons (Fsp3) is 0.107. The summed E-state index contributed by atoms with van der Waals surface area (Å²) in [6.07, 6.45) is 2.00. The topological polar surface area (TPSA) is 26.0 Å². The number of fused-ring (bicyclic) bond motifs is 4. The maximum atomic E-state index is 6.23. The Morgan fingerprint density at radius 1 is 0.806 bits per heavy atom. The van der Waals surface area contributed by atoms with Crippen molar-refractivity contribution in [3.05, 3.63) is 89.6 Å². The molecule has 0 atom stereocenters. The third-order valence-corrected chi connectivity index (χ3v) is 7.11. The van der Waals surface area contributed by atoms with Crippen molar-refractivity contribution in [1.29, 1.82) is 0 Å². The van der Waals surface area contributed by atoms with E-state index in [2.05, 4.69) is 75.4 Å². The summed E-state index contributed by atoms with van der Waals surface area (Å²) in [6.45, 7) is 6.56. The molecule has 0 N–H and O–H groups in total. The van der Waals surface area contributed by atoms with Gasteiger partial charge in [-0.1, -0.05) is 48.0 Å². The van der Waals surface area contributed by atoms with Crippen molar-refractivity contribution < 1.29 is 4.42 Å². The zero-order chi connectivity index (χ0) is 21.1. The average molecular weight is 420 g/mol. The number of pyridine rings is 1. The Morgan fingerprint density at radius 2 is 1.58 bits per heavy atom. The van der Waals surface area contributed by atoms with E-state index >= 15 is 0 Å². The van der Waals surface area contributed by atoms with Gasteiger partial charge < -0.3 is 4.42 Å². The molecule has 3 aromatic carbocycles. The Labute approximate surface area is 184 Å². The molecule has 0 fully saturated rings. The Balaban J connectivity index is 1.53. The predicted molar refractivity (Wildman–Crippen MR) is 132 cm³/mol. The lowest BCUT2D eigenvalue weighted by Gasteiger charge is -2.09. The van der Waals surface area contributed by atoms with Crippen LogP contribution in [0.1, 0.15) is 16.7 Å². The second kappa shape index (κ2) is 6.79. The molecule has 0 radical (unpaired) electrons. The molecule has 0 spiro atoms. The van der Waals surface area contributed by atoms with Crippen LogP contribution < -0.4 is 0 Å². The molecule has 31 heavy (non-hydrogen) atoms. The number of para-hydroxylation sites is 2. The fourth-order valence-electron chi connectivity index (χ4n) is 4.73. The van der Waals surface area contributed by atoms with Gasteiger partial charge in [0, 0.05) is 27.4 Å².